The first-order chi connectivity index (χ1) is 12.6. The average molecular weight is 489 g/mol. The minimum Gasteiger partial charge on any atom is -0.496 e. The van der Waals surface area contributed by atoms with Gasteiger partial charge in [0.15, 0.2) is 5.96 Å². The summed E-state index contributed by atoms with van der Waals surface area (Å²) in [5.41, 5.74) is 1.92. The predicted molar refractivity (Wildman–Crippen MR) is 116 cm³/mol. The summed E-state index contributed by atoms with van der Waals surface area (Å²) >= 11 is 0. The van der Waals surface area contributed by atoms with Crippen molar-refractivity contribution in [3.8, 4) is 17.2 Å². The Kier molecular flexibility index (Phi) is 9.76. The minimum absolute atomic E-state index is 0. The zero-order chi connectivity index (χ0) is 18.9. The predicted octanol–water partition coefficient (Wildman–Crippen LogP) is 2.32. The van der Waals surface area contributed by atoms with Crippen molar-refractivity contribution >= 4 is 29.9 Å². The Balaban J connectivity index is 0.00000364. The van der Waals surface area contributed by atoms with E-state index in [9.17, 15) is 0 Å². The molecule has 0 spiro atoms. The van der Waals surface area contributed by atoms with Gasteiger partial charge in [-0.25, -0.2) is 4.99 Å². The van der Waals surface area contributed by atoms with Crippen molar-refractivity contribution in [1.82, 2.24) is 20.4 Å². The maximum absolute atomic E-state index is 5.48. The summed E-state index contributed by atoms with van der Waals surface area (Å²) in [7, 11) is 6.76. The number of ether oxygens (including phenoxy) is 3. The number of guanidine groups is 1. The summed E-state index contributed by atoms with van der Waals surface area (Å²) in [4.78, 5) is 4.65. The summed E-state index contributed by atoms with van der Waals surface area (Å²) in [6.07, 6.45) is 1.77. The number of aromatic nitrogens is 2. The molecule has 0 aliphatic heterocycles. The molecule has 0 amide bonds. The van der Waals surface area contributed by atoms with E-state index in [1.165, 1.54) is 0 Å². The van der Waals surface area contributed by atoms with E-state index in [4.69, 9.17) is 14.2 Å². The van der Waals surface area contributed by atoms with Gasteiger partial charge in [0, 0.05) is 31.9 Å². The molecule has 1 aromatic heterocycles. The molecule has 27 heavy (non-hydrogen) atoms. The van der Waals surface area contributed by atoms with Crippen LogP contribution < -0.4 is 24.8 Å². The maximum Gasteiger partial charge on any atom is 0.191 e. The SMILES string of the molecule is CCNC(=NCc1c(OC)cc(OC)cc1OC)NCc1ccnn1C.I. The number of halogens is 1. The minimum atomic E-state index is 0. The number of hydrogen-bond acceptors (Lipinski definition) is 5. The Hall–Kier alpha value is -2.17. The highest BCUT2D eigenvalue weighted by molar-refractivity contribution is 14.0. The Morgan fingerprint density at radius 1 is 1.11 bits per heavy atom. The van der Waals surface area contributed by atoms with E-state index in [1.54, 1.807) is 27.5 Å². The van der Waals surface area contributed by atoms with Crippen molar-refractivity contribution in [2.45, 2.75) is 20.0 Å². The van der Waals surface area contributed by atoms with E-state index < -0.39 is 0 Å². The first-order valence-electron chi connectivity index (χ1n) is 8.40. The van der Waals surface area contributed by atoms with Gasteiger partial charge in [-0.05, 0) is 13.0 Å². The number of nitrogens with zero attached hydrogens (tertiary/aromatic N) is 3. The van der Waals surface area contributed by atoms with E-state index >= 15 is 0 Å². The second-order valence-corrected chi connectivity index (χ2v) is 5.51. The van der Waals surface area contributed by atoms with Crippen molar-refractivity contribution in [3.63, 3.8) is 0 Å². The van der Waals surface area contributed by atoms with E-state index in [0.717, 1.165) is 17.8 Å². The molecular weight excluding hydrogens is 461 g/mol. The largest absolute Gasteiger partial charge is 0.496 e. The summed E-state index contributed by atoms with van der Waals surface area (Å²) in [6.45, 7) is 3.81. The third-order valence-electron chi connectivity index (χ3n) is 3.92. The number of hydrogen-bond donors (Lipinski definition) is 2. The van der Waals surface area contributed by atoms with E-state index in [0.29, 0.717) is 36.3 Å². The lowest BCUT2D eigenvalue weighted by atomic mass is 10.1. The third kappa shape index (κ3) is 6.19. The van der Waals surface area contributed by atoms with E-state index in [1.807, 2.05) is 36.9 Å². The summed E-state index contributed by atoms with van der Waals surface area (Å²) in [5, 5.41) is 10.7. The molecule has 150 valence electrons. The van der Waals surface area contributed by atoms with Gasteiger partial charge in [-0.3, -0.25) is 4.68 Å². The highest BCUT2D eigenvalue weighted by Gasteiger charge is 2.13. The molecule has 0 atom stereocenters. The zero-order valence-electron chi connectivity index (χ0n) is 16.4. The number of aryl methyl sites for hydroxylation is 1. The summed E-state index contributed by atoms with van der Waals surface area (Å²) < 4.78 is 18.1. The lowest BCUT2D eigenvalue weighted by Gasteiger charge is -2.15. The smallest absolute Gasteiger partial charge is 0.191 e. The number of aliphatic imine (C=N–C) groups is 1. The molecule has 0 aliphatic carbocycles. The van der Waals surface area contributed by atoms with Gasteiger partial charge in [0.2, 0.25) is 0 Å². The third-order valence-corrected chi connectivity index (χ3v) is 3.92. The fraction of sp³-hybridized carbons (Fsp3) is 0.444. The van der Waals surface area contributed by atoms with Crippen molar-refractivity contribution in [2.24, 2.45) is 12.0 Å². The second kappa shape index (κ2) is 11.5. The Labute approximate surface area is 177 Å². The number of rotatable bonds is 8. The van der Waals surface area contributed by atoms with Gasteiger partial charge in [0.1, 0.15) is 17.2 Å². The fourth-order valence-electron chi connectivity index (χ4n) is 2.48. The van der Waals surface area contributed by atoms with Gasteiger partial charge >= 0.3 is 0 Å². The number of nitrogens with one attached hydrogen (secondary N) is 2. The molecule has 0 bridgehead atoms. The van der Waals surface area contributed by atoms with Crippen molar-refractivity contribution in [3.05, 3.63) is 35.7 Å². The molecule has 0 unspecified atom stereocenters. The molecule has 1 aromatic carbocycles. The van der Waals surface area contributed by atoms with Crippen LogP contribution in [0.1, 0.15) is 18.2 Å². The van der Waals surface area contributed by atoms with Crippen LogP contribution in [0.25, 0.3) is 0 Å². The zero-order valence-corrected chi connectivity index (χ0v) is 18.7. The Morgan fingerprint density at radius 3 is 2.26 bits per heavy atom. The van der Waals surface area contributed by atoms with Crippen LogP contribution in [0, 0.1) is 0 Å². The van der Waals surface area contributed by atoms with Crippen molar-refractivity contribution in [2.75, 3.05) is 27.9 Å². The quantitative estimate of drug-likeness (QED) is 0.337. The van der Waals surface area contributed by atoms with E-state index in [2.05, 4.69) is 20.7 Å². The van der Waals surface area contributed by atoms with Crippen LogP contribution >= 0.6 is 24.0 Å². The average Bonchev–Trinajstić information content (AvgIpc) is 3.08. The summed E-state index contributed by atoms with van der Waals surface area (Å²) in [6, 6.07) is 5.61. The topological polar surface area (TPSA) is 81.9 Å². The van der Waals surface area contributed by atoms with Crippen molar-refractivity contribution in [1.29, 1.82) is 0 Å². The molecule has 0 radical (unpaired) electrons. The molecular formula is C18H28IN5O3. The lowest BCUT2D eigenvalue weighted by molar-refractivity contribution is 0.369. The van der Waals surface area contributed by atoms with Gasteiger partial charge in [0.05, 0.1) is 45.7 Å². The van der Waals surface area contributed by atoms with Gasteiger partial charge < -0.3 is 24.8 Å². The van der Waals surface area contributed by atoms with Crippen LogP contribution in [0.3, 0.4) is 0 Å². The Bertz CT molecular complexity index is 723. The van der Waals surface area contributed by atoms with Crippen LogP contribution in [0.2, 0.25) is 0 Å². The van der Waals surface area contributed by atoms with Crippen LogP contribution in [0.4, 0.5) is 0 Å². The van der Waals surface area contributed by atoms with E-state index in [-0.39, 0.29) is 24.0 Å². The molecule has 0 fully saturated rings. The van der Waals surface area contributed by atoms with Gasteiger partial charge in [-0.15, -0.1) is 24.0 Å². The normalized spacial score (nSPS) is 10.8. The molecule has 2 rings (SSSR count). The monoisotopic (exact) mass is 489 g/mol. The fourth-order valence-corrected chi connectivity index (χ4v) is 2.48. The van der Waals surface area contributed by atoms with Gasteiger partial charge in [-0.1, -0.05) is 0 Å². The Morgan fingerprint density at radius 2 is 1.78 bits per heavy atom. The molecule has 1 heterocycles. The lowest BCUT2D eigenvalue weighted by Crippen LogP contribution is -2.37. The molecule has 8 nitrogen and oxygen atoms in total. The second-order valence-electron chi connectivity index (χ2n) is 5.51. The first kappa shape index (κ1) is 22.9. The highest BCUT2D eigenvalue weighted by Crippen LogP contribution is 2.34. The van der Waals surface area contributed by atoms with Crippen LogP contribution in [0.5, 0.6) is 17.2 Å². The molecule has 0 aliphatic rings. The molecule has 0 saturated heterocycles. The van der Waals surface area contributed by atoms with Crippen LogP contribution in [-0.4, -0.2) is 43.6 Å². The standard InChI is InChI=1S/C18H27N5O3.HI/c1-6-19-18(20-11-13-7-8-22-23(13)2)21-12-15-16(25-4)9-14(24-3)10-17(15)26-5;/h7-10H,6,11-12H2,1-5H3,(H2,19,20,21);1H. The number of methoxy groups -OCH3 is 3. The maximum atomic E-state index is 5.48. The van der Waals surface area contributed by atoms with Crippen LogP contribution in [-0.2, 0) is 20.1 Å². The van der Waals surface area contributed by atoms with Gasteiger partial charge in [0.25, 0.3) is 0 Å². The first-order valence-corrected chi connectivity index (χ1v) is 8.40. The summed E-state index contributed by atoms with van der Waals surface area (Å²) in [5.74, 6) is 2.72. The molecule has 2 aromatic rings. The highest BCUT2D eigenvalue weighted by atomic mass is 127. The van der Waals surface area contributed by atoms with Crippen molar-refractivity contribution < 1.29 is 14.2 Å². The van der Waals surface area contributed by atoms with Crippen LogP contribution in [0.15, 0.2) is 29.4 Å². The molecule has 0 saturated carbocycles. The molecule has 2 N–H and O–H groups in total. The van der Waals surface area contributed by atoms with Gasteiger partial charge in [-0.2, -0.15) is 5.10 Å². The molecule has 9 heteroatoms. The number of benzene rings is 1.